The first-order chi connectivity index (χ1) is 26.7. The van der Waals surface area contributed by atoms with Gasteiger partial charge in [-0.3, -0.25) is 19.6 Å². The number of aliphatic carboxylic acids is 1. The van der Waals surface area contributed by atoms with Crippen molar-refractivity contribution in [1.29, 1.82) is 5.26 Å². The van der Waals surface area contributed by atoms with Crippen LogP contribution >= 0.6 is 0 Å². The summed E-state index contributed by atoms with van der Waals surface area (Å²) in [4.78, 5) is 25.8. The zero-order valence-electron chi connectivity index (χ0n) is 31.2. The Morgan fingerprint density at radius 2 is 1.78 bits per heavy atom. The van der Waals surface area contributed by atoms with Gasteiger partial charge in [0.2, 0.25) is 0 Å². The summed E-state index contributed by atoms with van der Waals surface area (Å²) in [5, 5.41) is 35.5. The van der Waals surface area contributed by atoms with Crippen molar-refractivity contribution in [3.05, 3.63) is 106 Å². The third-order valence-electron chi connectivity index (χ3n) is 12.1. The Kier molecular flexibility index (Phi) is 9.09. The number of carbonyl (C=O) groups is 1. The Morgan fingerprint density at radius 1 is 0.964 bits per heavy atom. The van der Waals surface area contributed by atoms with Crippen molar-refractivity contribution in [1.82, 2.24) is 19.8 Å². The maximum Gasteiger partial charge on any atom is 0.307 e. The number of hydrogen-bond donors (Lipinski definition) is 3. The molecule has 2 fully saturated rings. The number of nitriles is 1. The highest BCUT2D eigenvalue weighted by Crippen LogP contribution is 2.44. The lowest BCUT2D eigenvalue weighted by atomic mass is 9.83. The van der Waals surface area contributed by atoms with E-state index < -0.39 is 5.97 Å². The number of β-amino-alcohol motifs (C(OH)–C–C–N with tert-alkyl or cyclic N) is 1. The summed E-state index contributed by atoms with van der Waals surface area (Å²) >= 11 is 0. The van der Waals surface area contributed by atoms with E-state index in [0.29, 0.717) is 36.5 Å². The average Bonchev–Trinajstić information content (AvgIpc) is 3.95. The molecular formula is C45H44N6O4. The molecule has 0 amide bonds. The largest absolute Gasteiger partial charge is 0.481 e. The van der Waals surface area contributed by atoms with Gasteiger partial charge in [-0.05, 0) is 122 Å². The minimum atomic E-state index is -0.730. The Hall–Kier alpha value is -5.60. The second kappa shape index (κ2) is 14.2. The molecule has 55 heavy (non-hydrogen) atoms. The quantitative estimate of drug-likeness (QED) is 0.140. The van der Waals surface area contributed by atoms with Gasteiger partial charge in [0, 0.05) is 66.6 Å². The molecule has 0 saturated carbocycles. The predicted molar refractivity (Wildman–Crippen MR) is 213 cm³/mol. The molecule has 278 valence electrons. The number of nitrogens with zero attached hydrogens (tertiary/aromatic N) is 5. The number of aliphatic hydroxyl groups is 1. The van der Waals surface area contributed by atoms with Gasteiger partial charge < -0.3 is 19.9 Å². The number of carboxylic acid groups (broad SMARTS) is 1. The van der Waals surface area contributed by atoms with Crippen molar-refractivity contribution in [3.63, 3.8) is 0 Å². The number of benzene rings is 3. The number of rotatable bonds is 8. The van der Waals surface area contributed by atoms with Crippen molar-refractivity contribution in [2.75, 3.05) is 31.5 Å². The molecule has 3 atom stereocenters. The van der Waals surface area contributed by atoms with Crippen LogP contribution in [-0.2, 0) is 17.8 Å². The molecule has 9 rings (SSSR count). The maximum atomic E-state index is 11.7. The number of hydrogen-bond acceptors (Lipinski definition) is 9. The maximum absolute atomic E-state index is 11.7. The van der Waals surface area contributed by atoms with E-state index in [2.05, 4.69) is 94.6 Å². The summed E-state index contributed by atoms with van der Waals surface area (Å²) < 4.78 is 6.59. The molecule has 0 spiro atoms. The summed E-state index contributed by atoms with van der Waals surface area (Å²) in [7, 11) is 0. The highest BCUT2D eigenvalue weighted by molar-refractivity contribution is 5.93. The zero-order chi connectivity index (χ0) is 37.8. The van der Waals surface area contributed by atoms with Crippen LogP contribution < -0.4 is 5.32 Å². The van der Waals surface area contributed by atoms with E-state index in [4.69, 9.17) is 9.40 Å². The number of aromatic nitrogens is 2. The van der Waals surface area contributed by atoms with Crippen molar-refractivity contribution >= 4 is 39.3 Å². The van der Waals surface area contributed by atoms with E-state index in [0.717, 1.165) is 118 Å². The average molecular weight is 733 g/mol. The van der Waals surface area contributed by atoms with E-state index >= 15 is 0 Å². The monoisotopic (exact) mass is 732 g/mol. The molecule has 10 nitrogen and oxygen atoms in total. The lowest BCUT2D eigenvalue weighted by Crippen LogP contribution is -2.30. The van der Waals surface area contributed by atoms with Crippen LogP contribution in [0.1, 0.15) is 65.1 Å². The predicted octanol–water partition coefficient (Wildman–Crippen LogP) is 8.29. The molecule has 1 aliphatic carbocycles. The van der Waals surface area contributed by atoms with Crippen molar-refractivity contribution in [2.45, 2.75) is 64.6 Å². The molecule has 3 N–H and O–H groups in total. The molecule has 0 radical (unpaired) electrons. The number of likely N-dealkylation sites (tertiary alicyclic amines) is 2. The molecule has 1 unspecified atom stereocenters. The fraction of sp³-hybridized carbons (Fsp3) is 0.333. The molecule has 2 aliphatic heterocycles. The van der Waals surface area contributed by atoms with Crippen molar-refractivity contribution < 1.29 is 19.4 Å². The van der Waals surface area contributed by atoms with Gasteiger partial charge >= 0.3 is 5.97 Å². The van der Waals surface area contributed by atoms with Crippen LogP contribution in [-0.4, -0.2) is 68.2 Å². The molecule has 6 aromatic rings. The lowest BCUT2D eigenvalue weighted by Gasteiger charge is -2.33. The normalized spacial score (nSPS) is 20.2. The third-order valence-corrected chi connectivity index (χ3v) is 12.1. The number of anilines is 2. The molecular weight excluding hydrogens is 689 g/mol. The number of pyridine rings is 2. The fourth-order valence-electron chi connectivity index (χ4n) is 9.22. The van der Waals surface area contributed by atoms with Gasteiger partial charge in [0.15, 0.2) is 11.4 Å². The first-order valence-electron chi connectivity index (χ1n) is 19.3. The summed E-state index contributed by atoms with van der Waals surface area (Å²) in [6.07, 6.45) is 7.65. The number of nitrogens with one attached hydrogen (secondary N) is 1. The number of furan rings is 1. The van der Waals surface area contributed by atoms with Gasteiger partial charge in [-0.25, -0.2) is 4.98 Å². The van der Waals surface area contributed by atoms with Crippen LogP contribution in [0.25, 0.3) is 44.3 Å². The Morgan fingerprint density at radius 3 is 2.56 bits per heavy atom. The van der Waals surface area contributed by atoms with Crippen LogP contribution in [0.5, 0.6) is 0 Å². The molecule has 5 heterocycles. The fourth-order valence-corrected chi connectivity index (χ4v) is 9.22. The number of carboxylic acids is 1. The Balaban J connectivity index is 1.02. The lowest BCUT2D eigenvalue weighted by molar-refractivity contribution is -0.141. The van der Waals surface area contributed by atoms with E-state index in [1.807, 2.05) is 18.5 Å². The van der Waals surface area contributed by atoms with Crippen LogP contribution in [0.3, 0.4) is 0 Å². The van der Waals surface area contributed by atoms with Gasteiger partial charge in [0.25, 0.3) is 0 Å². The SMILES string of the molecule is Cc1c(Nc2nccc3cc(CN4CC[C@@H](O)C4)cnc23)cccc1-c1cccc(-c2cc3cc4c(c(C#N)c3o2)CCCC4N2CC[C@@H](C(=O)O)C2)c1C. The minimum Gasteiger partial charge on any atom is -0.481 e. The Labute approximate surface area is 320 Å². The van der Waals surface area contributed by atoms with Crippen LogP contribution in [0.15, 0.2) is 77.5 Å². The molecule has 3 aliphatic rings. The molecule has 10 heteroatoms. The number of aliphatic hydroxyl groups excluding tert-OH is 1. The topological polar surface area (TPSA) is 139 Å². The van der Waals surface area contributed by atoms with Crippen LogP contribution in [0.2, 0.25) is 0 Å². The second-order valence-electron chi connectivity index (χ2n) is 15.5. The standard InChI is InChI=1S/C45H44N6O4/c1-26-33(34-7-4-10-39(27(34)2)49-44-42-29(12-15-47-44)18-28(22-48-42)23-50-16-14-32(52)25-50)6-3-8-35(26)41-20-31-19-37-36(38(21-46)43(31)55-41)9-5-11-40(37)51-17-13-30(24-51)45(53)54/h3-4,6-8,10,12,15,18-20,22,30,32,40,52H,5,9,11,13-14,16-17,23-25H2,1-2H3,(H,47,49)(H,53,54)/t30-,32-,40?/m1/s1. The second-order valence-corrected chi connectivity index (χ2v) is 15.5. The van der Waals surface area contributed by atoms with Gasteiger partial charge in [-0.1, -0.05) is 30.3 Å². The van der Waals surface area contributed by atoms with Crippen LogP contribution in [0.4, 0.5) is 11.5 Å². The highest BCUT2D eigenvalue weighted by atomic mass is 16.4. The van der Waals surface area contributed by atoms with E-state index in [1.165, 1.54) is 0 Å². The van der Waals surface area contributed by atoms with E-state index in [1.54, 1.807) is 0 Å². The van der Waals surface area contributed by atoms with Gasteiger partial charge in [-0.2, -0.15) is 5.26 Å². The zero-order valence-corrected chi connectivity index (χ0v) is 31.2. The van der Waals surface area contributed by atoms with Crippen molar-refractivity contribution in [2.24, 2.45) is 5.92 Å². The minimum absolute atomic E-state index is 0.102. The van der Waals surface area contributed by atoms with Crippen LogP contribution in [0, 0.1) is 31.1 Å². The summed E-state index contributed by atoms with van der Waals surface area (Å²) in [5.74, 6) is 0.336. The van der Waals surface area contributed by atoms with Gasteiger partial charge in [-0.15, -0.1) is 0 Å². The molecule has 2 saturated heterocycles. The molecule has 0 bridgehead atoms. The number of fused-ring (bicyclic) bond motifs is 3. The summed E-state index contributed by atoms with van der Waals surface area (Å²) in [5.41, 5.74) is 11.5. The van der Waals surface area contributed by atoms with Crippen molar-refractivity contribution in [3.8, 4) is 28.5 Å². The molecule has 3 aromatic heterocycles. The third kappa shape index (κ3) is 6.42. The highest BCUT2D eigenvalue weighted by Gasteiger charge is 2.36. The summed E-state index contributed by atoms with van der Waals surface area (Å²) in [6.45, 7) is 7.87. The smallest absolute Gasteiger partial charge is 0.307 e. The van der Waals surface area contributed by atoms with Gasteiger partial charge in [0.05, 0.1) is 17.6 Å². The van der Waals surface area contributed by atoms with E-state index in [9.17, 15) is 20.3 Å². The van der Waals surface area contributed by atoms with Gasteiger partial charge in [0.1, 0.15) is 17.3 Å². The first kappa shape index (κ1) is 35.1. The van der Waals surface area contributed by atoms with E-state index in [-0.39, 0.29) is 18.1 Å². The molecule has 3 aromatic carbocycles. The Bertz CT molecular complexity index is 2520. The first-order valence-corrected chi connectivity index (χ1v) is 19.3. The summed E-state index contributed by atoms with van der Waals surface area (Å²) in [6, 6.07) is 23.5.